The highest BCUT2D eigenvalue weighted by Crippen LogP contribution is 2.22. The Kier molecular flexibility index (Phi) is 4.53. The van der Waals surface area contributed by atoms with Gasteiger partial charge in [-0.3, -0.25) is 0 Å². The van der Waals surface area contributed by atoms with Crippen molar-refractivity contribution in [3.05, 3.63) is 16.5 Å². The molecule has 0 bridgehead atoms. The van der Waals surface area contributed by atoms with E-state index >= 15 is 0 Å². The minimum absolute atomic E-state index is 0.0738. The summed E-state index contributed by atoms with van der Waals surface area (Å²) in [5, 5.41) is 3.27. The van der Waals surface area contributed by atoms with Gasteiger partial charge in [0.1, 0.15) is 16.2 Å². The maximum absolute atomic E-state index is 5.28. The van der Waals surface area contributed by atoms with Crippen LogP contribution in [-0.4, -0.2) is 16.0 Å². The number of hydrogen-bond donors (Lipinski definition) is 1. The third-order valence-electron chi connectivity index (χ3n) is 2.18. The molecule has 1 aromatic rings. The first-order chi connectivity index (χ1) is 7.82. The second-order valence-electron chi connectivity index (χ2n) is 5.10. The van der Waals surface area contributed by atoms with Crippen molar-refractivity contribution < 1.29 is 0 Å². The van der Waals surface area contributed by atoms with E-state index in [1.165, 1.54) is 0 Å². The molecule has 1 atom stereocenters. The summed E-state index contributed by atoms with van der Waals surface area (Å²) in [5.41, 5.74) is -0.0738. The lowest BCUT2D eigenvalue weighted by Crippen LogP contribution is -2.20. The minimum Gasteiger partial charge on any atom is -0.367 e. The zero-order valence-corrected chi connectivity index (χ0v) is 12.3. The molecule has 1 N–H and O–H groups in total. The fourth-order valence-corrected chi connectivity index (χ4v) is 1.69. The van der Waals surface area contributed by atoms with E-state index in [4.69, 9.17) is 6.42 Å². The number of rotatable bonds is 3. The van der Waals surface area contributed by atoms with Crippen LogP contribution in [0.2, 0.25) is 0 Å². The predicted octanol–water partition coefficient (Wildman–Crippen LogP) is 3.36. The largest absolute Gasteiger partial charge is 0.367 e. The number of nitrogens with one attached hydrogen (secondary N) is 1. The fraction of sp³-hybridized carbons (Fsp3) is 0.538. The van der Waals surface area contributed by atoms with E-state index in [0.29, 0.717) is 6.42 Å². The van der Waals surface area contributed by atoms with Crippen LogP contribution in [0.1, 0.15) is 39.9 Å². The van der Waals surface area contributed by atoms with Crippen LogP contribution in [0, 0.1) is 12.3 Å². The topological polar surface area (TPSA) is 37.8 Å². The first-order valence-corrected chi connectivity index (χ1v) is 6.37. The third-order valence-corrected chi connectivity index (χ3v) is 2.59. The minimum atomic E-state index is -0.0738. The van der Waals surface area contributed by atoms with Crippen LogP contribution in [0.4, 0.5) is 5.82 Å². The molecule has 0 aliphatic rings. The lowest BCUT2D eigenvalue weighted by atomic mass is 9.96. The van der Waals surface area contributed by atoms with Gasteiger partial charge in [-0.05, 0) is 22.9 Å². The molecule has 0 aliphatic heterocycles. The molecule has 1 heterocycles. The van der Waals surface area contributed by atoms with Crippen molar-refractivity contribution >= 4 is 21.7 Å². The Balaban J connectivity index is 2.95. The van der Waals surface area contributed by atoms with Crippen molar-refractivity contribution in [1.82, 2.24) is 9.97 Å². The van der Waals surface area contributed by atoms with Crippen molar-refractivity contribution in [2.75, 3.05) is 5.32 Å². The van der Waals surface area contributed by atoms with Gasteiger partial charge >= 0.3 is 0 Å². The van der Waals surface area contributed by atoms with Gasteiger partial charge in [0, 0.05) is 23.9 Å². The van der Waals surface area contributed by atoms with Crippen molar-refractivity contribution in [2.24, 2.45) is 0 Å². The number of hydrogen-bond acceptors (Lipinski definition) is 3. The van der Waals surface area contributed by atoms with Crippen LogP contribution < -0.4 is 5.32 Å². The Morgan fingerprint density at radius 1 is 1.47 bits per heavy atom. The molecule has 0 aliphatic carbocycles. The fourth-order valence-electron chi connectivity index (χ4n) is 1.31. The van der Waals surface area contributed by atoms with Gasteiger partial charge in [-0.15, -0.1) is 12.3 Å². The number of terminal acetylenes is 1. The van der Waals surface area contributed by atoms with E-state index in [-0.39, 0.29) is 11.5 Å². The van der Waals surface area contributed by atoms with Crippen LogP contribution in [0.3, 0.4) is 0 Å². The second kappa shape index (κ2) is 5.50. The van der Waals surface area contributed by atoms with E-state index in [1.807, 2.05) is 13.0 Å². The number of aromatic nitrogens is 2. The molecule has 0 aromatic carbocycles. The van der Waals surface area contributed by atoms with Gasteiger partial charge in [0.2, 0.25) is 0 Å². The second-order valence-corrected chi connectivity index (χ2v) is 5.92. The van der Waals surface area contributed by atoms with E-state index in [9.17, 15) is 0 Å². The molecular weight excluding hydrogens is 278 g/mol. The van der Waals surface area contributed by atoms with Gasteiger partial charge < -0.3 is 5.32 Å². The van der Waals surface area contributed by atoms with Crippen LogP contribution >= 0.6 is 15.9 Å². The molecule has 0 saturated carbocycles. The van der Waals surface area contributed by atoms with Crippen LogP contribution in [0.5, 0.6) is 0 Å². The van der Waals surface area contributed by atoms with Gasteiger partial charge in [0.05, 0.1) is 0 Å². The average molecular weight is 296 g/mol. The summed E-state index contributed by atoms with van der Waals surface area (Å²) in [6.07, 6.45) is 5.95. The third kappa shape index (κ3) is 4.35. The van der Waals surface area contributed by atoms with E-state index in [1.54, 1.807) is 0 Å². The average Bonchev–Trinajstić information content (AvgIpc) is 2.15. The number of anilines is 1. The smallest absolute Gasteiger partial charge is 0.137 e. The van der Waals surface area contributed by atoms with E-state index in [2.05, 4.69) is 57.9 Å². The molecule has 4 heteroatoms. The maximum atomic E-state index is 5.28. The highest BCUT2D eigenvalue weighted by molar-refractivity contribution is 9.10. The predicted molar refractivity (Wildman–Crippen MR) is 75.0 cm³/mol. The maximum Gasteiger partial charge on any atom is 0.137 e. The van der Waals surface area contributed by atoms with Crippen LogP contribution in [0.15, 0.2) is 10.7 Å². The summed E-state index contributed by atoms with van der Waals surface area (Å²) >= 11 is 3.40. The first-order valence-electron chi connectivity index (χ1n) is 5.58. The van der Waals surface area contributed by atoms with Crippen LogP contribution in [0.25, 0.3) is 0 Å². The monoisotopic (exact) mass is 295 g/mol. The molecule has 92 valence electrons. The van der Waals surface area contributed by atoms with Crippen molar-refractivity contribution in [3.63, 3.8) is 0 Å². The Morgan fingerprint density at radius 2 is 2.12 bits per heavy atom. The summed E-state index contributed by atoms with van der Waals surface area (Å²) < 4.78 is 0.785. The molecule has 0 amide bonds. The summed E-state index contributed by atoms with van der Waals surface area (Å²) in [7, 11) is 0. The molecule has 1 aromatic heterocycles. The summed E-state index contributed by atoms with van der Waals surface area (Å²) in [4.78, 5) is 8.89. The Hall–Kier alpha value is -1.08. The molecule has 3 nitrogen and oxygen atoms in total. The Labute approximate surface area is 112 Å². The van der Waals surface area contributed by atoms with Gasteiger partial charge in [-0.2, -0.15) is 0 Å². The Bertz CT molecular complexity index is 429. The van der Waals surface area contributed by atoms with Crippen molar-refractivity contribution in [1.29, 1.82) is 0 Å². The highest BCUT2D eigenvalue weighted by atomic mass is 79.9. The lowest BCUT2D eigenvalue weighted by Gasteiger charge is -2.19. The zero-order valence-electron chi connectivity index (χ0n) is 10.7. The SMILES string of the molecule is C#CCC(C)Nc1cc(Br)nc(C(C)(C)C)n1. The highest BCUT2D eigenvalue weighted by Gasteiger charge is 2.18. The molecule has 1 unspecified atom stereocenters. The molecule has 0 radical (unpaired) electrons. The van der Waals surface area contributed by atoms with Crippen molar-refractivity contribution in [3.8, 4) is 12.3 Å². The van der Waals surface area contributed by atoms with E-state index in [0.717, 1.165) is 16.2 Å². The molecule has 0 spiro atoms. The van der Waals surface area contributed by atoms with Crippen LogP contribution in [-0.2, 0) is 5.41 Å². The van der Waals surface area contributed by atoms with Gasteiger partial charge in [-0.25, -0.2) is 9.97 Å². The van der Waals surface area contributed by atoms with Gasteiger partial charge in [-0.1, -0.05) is 20.8 Å². The quantitative estimate of drug-likeness (QED) is 0.686. The zero-order chi connectivity index (χ0) is 13.1. The Morgan fingerprint density at radius 3 is 2.65 bits per heavy atom. The molecule has 0 saturated heterocycles. The number of nitrogens with zero attached hydrogens (tertiary/aromatic N) is 2. The normalized spacial score (nSPS) is 12.9. The lowest BCUT2D eigenvalue weighted by molar-refractivity contribution is 0.543. The molecule has 0 fully saturated rings. The number of halogens is 1. The summed E-state index contributed by atoms with van der Waals surface area (Å²) in [6.45, 7) is 8.29. The molecule has 1 rings (SSSR count). The van der Waals surface area contributed by atoms with Crippen molar-refractivity contribution in [2.45, 2.75) is 45.6 Å². The molecule has 17 heavy (non-hydrogen) atoms. The standard InChI is InChI=1S/C13H18BrN3/c1-6-7-9(2)15-11-8-10(14)16-12(17-11)13(3,4)5/h1,8-9H,7H2,2-5H3,(H,15,16,17). The summed E-state index contributed by atoms with van der Waals surface area (Å²) in [5.74, 6) is 4.24. The van der Waals surface area contributed by atoms with E-state index < -0.39 is 0 Å². The summed E-state index contributed by atoms with van der Waals surface area (Å²) in [6, 6.07) is 2.07. The first kappa shape index (κ1) is 14.0. The van der Waals surface area contributed by atoms with Gasteiger partial charge in [0.15, 0.2) is 0 Å². The van der Waals surface area contributed by atoms with Gasteiger partial charge in [0.25, 0.3) is 0 Å². The molecular formula is C13H18BrN3.